The molecule has 1 saturated heterocycles. The maximum Gasteiger partial charge on any atom is 0.137 e. The van der Waals surface area contributed by atoms with Gasteiger partial charge >= 0.3 is 0 Å². The molecule has 18 heavy (non-hydrogen) atoms. The van der Waals surface area contributed by atoms with Crippen molar-refractivity contribution in [3.63, 3.8) is 0 Å². The Hall–Kier alpha value is -1.35. The number of likely N-dealkylation sites (tertiary alicyclic amines) is 1. The van der Waals surface area contributed by atoms with Crippen molar-refractivity contribution in [2.45, 2.75) is 39.2 Å². The van der Waals surface area contributed by atoms with Crippen LogP contribution < -0.4 is 0 Å². The second-order valence-electron chi connectivity index (χ2n) is 5.64. The van der Waals surface area contributed by atoms with Crippen molar-refractivity contribution < 1.29 is 0 Å². The molecule has 1 unspecified atom stereocenters. The second-order valence-corrected chi connectivity index (χ2v) is 5.64. The predicted molar refractivity (Wildman–Crippen MR) is 74.0 cm³/mol. The van der Waals surface area contributed by atoms with Gasteiger partial charge in [-0.2, -0.15) is 0 Å². The molecule has 0 N–H and O–H groups in total. The number of hydrogen-bond donors (Lipinski definition) is 0. The van der Waals surface area contributed by atoms with Crippen LogP contribution in [0.2, 0.25) is 0 Å². The van der Waals surface area contributed by atoms with Crippen LogP contribution in [-0.2, 0) is 0 Å². The van der Waals surface area contributed by atoms with Crippen molar-refractivity contribution in [2.24, 2.45) is 0 Å². The molecule has 0 saturated carbocycles. The van der Waals surface area contributed by atoms with Crippen molar-refractivity contribution >= 4 is 5.65 Å². The van der Waals surface area contributed by atoms with Crippen LogP contribution in [0.25, 0.3) is 5.65 Å². The summed E-state index contributed by atoms with van der Waals surface area (Å²) in [6.07, 6.45) is 3.46. The van der Waals surface area contributed by atoms with E-state index in [1.807, 2.05) is 0 Å². The number of fused-ring (bicyclic) bond motifs is 1. The van der Waals surface area contributed by atoms with E-state index in [1.54, 1.807) is 0 Å². The van der Waals surface area contributed by atoms with Crippen LogP contribution >= 0.6 is 0 Å². The lowest BCUT2D eigenvalue weighted by atomic mass is 10.1. The first kappa shape index (κ1) is 11.7. The molecule has 3 heteroatoms. The Morgan fingerprint density at radius 1 is 1.33 bits per heavy atom. The molecule has 0 aromatic carbocycles. The predicted octanol–water partition coefficient (Wildman–Crippen LogP) is 2.84. The van der Waals surface area contributed by atoms with E-state index in [-0.39, 0.29) is 0 Å². The van der Waals surface area contributed by atoms with E-state index in [9.17, 15) is 0 Å². The van der Waals surface area contributed by atoms with Crippen LogP contribution in [0.3, 0.4) is 0 Å². The highest BCUT2D eigenvalue weighted by Gasteiger charge is 2.27. The minimum atomic E-state index is 0.603. The standard InChI is InChI=1S/C15H21N3/c1-11(2)17-8-7-13(9-17)14-10-18-12(3)5-4-6-15(18)16-14/h4-6,10-11,13H,7-9H2,1-3H3. The molecule has 0 radical (unpaired) electrons. The van der Waals surface area contributed by atoms with E-state index >= 15 is 0 Å². The maximum atomic E-state index is 4.79. The first-order valence-electron chi connectivity index (χ1n) is 6.84. The van der Waals surface area contributed by atoms with Crippen LogP contribution in [0.5, 0.6) is 0 Å². The van der Waals surface area contributed by atoms with E-state index in [4.69, 9.17) is 4.98 Å². The molecule has 0 aliphatic carbocycles. The number of rotatable bonds is 2. The summed E-state index contributed by atoms with van der Waals surface area (Å²) < 4.78 is 2.20. The van der Waals surface area contributed by atoms with Crippen molar-refractivity contribution in [3.05, 3.63) is 35.8 Å². The fourth-order valence-electron chi connectivity index (χ4n) is 2.86. The third-order valence-corrected chi connectivity index (χ3v) is 4.08. The highest BCUT2D eigenvalue weighted by atomic mass is 15.2. The normalized spacial score (nSPS) is 21.2. The summed E-state index contributed by atoms with van der Waals surface area (Å²) in [5.74, 6) is 0.603. The molecule has 3 nitrogen and oxygen atoms in total. The van der Waals surface area contributed by atoms with Crippen molar-refractivity contribution in [1.82, 2.24) is 14.3 Å². The third kappa shape index (κ3) is 1.93. The first-order chi connectivity index (χ1) is 8.65. The monoisotopic (exact) mass is 243 g/mol. The molecule has 96 valence electrons. The minimum absolute atomic E-state index is 0.603. The molecule has 3 heterocycles. The summed E-state index contributed by atoms with van der Waals surface area (Å²) in [6, 6.07) is 6.95. The molecule has 1 aliphatic rings. The average molecular weight is 243 g/mol. The largest absolute Gasteiger partial charge is 0.304 e. The summed E-state index contributed by atoms with van der Waals surface area (Å²) in [4.78, 5) is 7.33. The molecular formula is C15H21N3. The number of aromatic nitrogens is 2. The van der Waals surface area contributed by atoms with Gasteiger partial charge in [0.05, 0.1) is 5.69 Å². The molecular weight excluding hydrogens is 222 g/mol. The molecule has 3 rings (SSSR count). The number of aryl methyl sites for hydroxylation is 1. The van der Waals surface area contributed by atoms with Gasteiger partial charge in [0, 0.05) is 30.4 Å². The fourth-order valence-corrected chi connectivity index (χ4v) is 2.86. The van der Waals surface area contributed by atoms with Crippen molar-refractivity contribution in [3.8, 4) is 0 Å². The lowest BCUT2D eigenvalue weighted by molar-refractivity contribution is 0.272. The highest BCUT2D eigenvalue weighted by molar-refractivity contribution is 5.42. The number of hydrogen-bond acceptors (Lipinski definition) is 2. The summed E-state index contributed by atoms with van der Waals surface area (Å²) in [5, 5.41) is 0. The van der Waals surface area contributed by atoms with Crippen LogP contribution in [0.4, 0.5) is 0 Å². The Bertz CT molecular complexity index is 556. The van der Waals surface area contributed by atoms with Gasteiger partial charge in [0.25, 0.3) is 0 Å². The zero-order valence-corrected chi connectivity index (χ0v) is 11.4. The van der Waals surface area contributed by atoms with Crippen molar-refractivity contribution in [1.29, 1.82) is 0 Å². The Morgan fingerprint density at radius 3 is 2.83 bits per heavy atom. The summed E-state index contributed by atoms with van der Waals surface area (Å²) in [6.45, 7) is 9.04. The molecule has 0 bridgehead atoms. The zero-order valence-electron chi connectivity index (χ0n) is 11.4. The molecule has 1 fully saturated rings. The van der Waals surface area contributed by atoms with Gasteiger partial charge in [-0.15, -0.1) is 0 Å². The average Bonchev–Trinajstić information content (AvgIpc) is 2.95. The van der Waals surface area contributed by atoms with Gasteiger partial charge in [-0.3, -0.25) is 0 Å². The maximum absolute atomic E-state index is 4.79. The number of imidazole rings is 1. The number of pyridine rings is 1. The SMILES string of the molecule is Cc1cccc2nc(C3CCN(C(C)C)C3)cn12. The van der Waals surface area contributed by atoms with Crippen LogP contribution in [0.15, 0.2) is 24.4 Å². The Labute approximate surface area is 108 Å². The van der Waals surface area contributed by atoms with E-state index in [0.29, 0.717) is 12.0 Å². The van der Waals surface area contributed by atoms with E-state index in [0.717, 1.165) is 12.2 Å². The summed E-state index contributed by atoms with van der Waals surface area (Å²) >= 11 is 0. The Morgan fingerprint density at radius 2 is 2.17 bits per heavy atom. The Kier molecular flexibility index (Phi) is 2.86. The smallest absolute Gasteiger partial charge is 0.137 e. The quantitative estimate of drug-likeness (QED) is 0.808. The Balaban J connectivity index is 1.89. The van der Waals surface area contributed by atoms with Gasteiger partial charge in [0.1, 0.15) is 5.65 Å². The van der Waals surface area contributed by atoms with Gasteiger partial charge in [0.2, 0.25) is 0 Å². The highest BCUT2D eigenvalue weighted by Crippen LogP contribution is 2.28. The molecule has 0 spiro atoms. The van der Waals surface area contributed by atoms with Crippen molar-refractivity contribution in [2.75, 3.05) is 13.1 Å². The molecule has 1 atom stereocenters. The lowest BCUT2D eigenvalue weighted by Gasteiger charge is -2.19. The fraction of sp³-hybridized carbons (Fsp3) is 0.533. The van der Waals surface area contributed by atoms with Gasteiger partial charge in [0.15, 0.2) is 0 Å². The van der Waals surface area contributed by atoms with Gasteiger partial charge in [-0.1, -0.05) is 6.07 Å². The molecule has 2 aromatic rings. The van der Waals surface area contributed by atoms with Crippen LogP contribution in [0, 0.1) is 6.92 Å². The summed E-state index contributed by atoms with van der Waals surface area (Å²) in [7, 11) is 0. The van der Waals surface area contributed by atoms with E-state index in [1.165, 1.54) is 24.4 Å². The third-order valence-electron chi connectivity index (χ3n) is 4.08. The van der Waals surface area contributed by atoms with Crippen LogP contribution in [0.1, 0.15) is 37.6 Å². The molecule has 2 aromatic heterocycles. The number of nitrogens with zero attached hydrogens (tertiary/aromatic N) is 3. The minimum Gasteiger partial charge on any atom is -0.304 e. The topological polar surface area (TPSA) is 20.5 Å². The first-order valence-corrected chi connectivity index (χ1v) is 6.84. The second kappa shape index (κ2) is 4.39. The zero-order chi connectivity index (χ0) is 12.7. The van der Waals surface area contributed by atoms with E-state index in [2.05, 4.69) is 54.5 Å². The van der Waals surface area contributed by atoms with Crippen LogP contribution in [-0.4, -0.2) is 33.4 Å². The summed E-state index contributed by atoms with van der Waals surface area (Å²) in [5.41, 5.74) is 3.59. The molecule has 0 amide bonds. The lowest BCUT2D eigenvalue weighted by Crippen LogP contribution is -2.27. The van der Waals surface area contributed by atoms with Gasteiger partial charge < -0.3 is 9.30 Å². The molecule has 1 aliphatic heterocycles. The van der Waals surface area contributed by atoms with Gasteiger partial charge in [-0.05, 0) is 45.9 Å². The van der Waals surface area contributed by atoms with Gasteiger partial charge in [-0.25, -0.2) is 4.98 Å². The van der Waals surface area contributed by atoms with E-state index < -0.39 is 0 Å².